The van der Waals surface area contributed by atoms with Gasteiger partial charge in [0.05, 0.1) is 35.5 Å². The summed E-state index contributed by atoms with van der Waals surface area (Å²) >= 11 is 0. The second kappa shape index (κ2) is 11.5. The molecule has 0 aromatic heterocycles. The monoisotopic (exact) mass is 420 g/mol. The number of rotatable bonds is 12. The zero-order valence-electron chi connectivity index (χ0n) is 18.3. The molecule has 0 saturated carbocycles. The number of aliphatic hydroxyl groups excluding tert-OH is 2. The summed E-state index contributed by atoms with van der Waals surface area (Å²) in [5, 5.41) is 20.1. The lowest BCUT2D eigenvalue weighted by molar-refractivity contribution is 0.119. The third-order valence-electron chi connectivity index (χ3n) is 5.30. The third kappa shape index (κ3) is 5.49. The van der Waals surface area contributed by atoms with Crippen LogP contribution in [0.3, 0.4) is 0 Å². The van der Waals surface area contributed by atoms with Crippen LogP contribution in [0.1, 0.15) is 11.1 Å². The van der Waals surface area contributed by atoms with Crippen LogP contribution in [0.25, 0.3) is 0 Å². The molecule has 0 bridgehead atoms. The van der Waals surface area contributed by atoms with E-state index in [4.69, 9.17) is 23.7 Å². The van der Waals surface area contributed by atoms with Crippen LogP contribution in [-0.4, -0.2) is 59.0 Å². The first kappa shape index (κ1) is 23.6. The Morgan fingerprint density at radius 2 is 1.07 bits per heavy atom. The van der Waals surface area contributed by atoms with E-state index in [0.29, 0.717) is 41.6 Å². The average Bonchev–Trinajstić information content (AvgIpc) is 2.79. The highest BCUT2D eigenvalue weighted by molar-refractivity contribution is 5.54. The largest absolute Gasteiger partial charge is 0.493 e. The van der Waals surface area contributed by atoms with Gasteiger partial charge >= 0.3 is 0 Å². The van der Waals surface area contributed by atoms with E-state index in [1.807, 2.05) is 30.3 Å². The first-order valence-corrected chi connectivity index (χ1v) is 9.76. The Balaban J connectivity index is 2.25. The highest BCUT2D eigenvalue weighted by Crippen LogP contribution is 2.39. The van der Waals surface area contributed by atoms with Crippen molar-refractivity contribution in [2.24, 2.45) is 11.8 Å². The van der Waals surface area contributed by atoms with E-state index < -0.39 is 0 Å². The van der Waals surface area contributed by atoms with E-state index >= 15 is 0 Å². The molecule has 0 fully saturated rings. The molecule has 0 aliphatic heterocycles. The summed E-state index contributed by atoms with van der Waals surface area (Å²) in [5.74, 6) is 2.62. The van der Waals surface area contributed by atoms with Gasteiger partial charge in [-0.15, -0.1) is 0 Å². The number of aliphatic hydroxyl groups is 2. The van der Waals surface area contributed by atoms with Gasteiger partial charge in [-0.3, -0.25) is 0 Å². The zero-order chi connectivity index (χ0) is 22.1. The van der Waals surface area contributed by atoms with Crippen molar-refractivity contribution in [2.75, 3.05) is 48.8 Å². The number of benzene rings is 2. The summed E-state index contributed by atoms with van der Waals surface area (Å²) in [6, 6.07) is 9.42. The van der Waals surface area contributed by atoms with Crippen LogP contribution in [0.2, 0.25) is 0 Å². The molecule has 166 valence electrons. The number of hydrogen-bond donors (Lipinski definition) is 2. The zero-order valence-corrected chi connectivity index (χ0v) is 18.3. The smallest absolute Gasteiger partial charge is 0.203 e. The van der Waals surface area contributed by atoms with Gasteiger partial charge in [0.2, 0.25) is 5.75 Å². The molecule has 0 heterocycles. The van der Waals surface area contributed by atoms with Crippen molar-refractivity contribution in [1.82, 2.24) is 0 Å². The lowest BCUT2D eigenvalue weighted by Gasteiger charge is -2.25. The van der Waals surface area contributed by atoms with Crippen molar-refractivity contribution in [3.63, 3.8) is 0 Å². The van der Waals surface area contributed by atoms with E-state index in [2.05, 4.69) is 0 Å². The Bertz CT molecular complexity index is 781. The summed E-state index contributed by atoms with van der Waals surface area (Å²) in [5.41, 5.74) is 1.92. The number of hydrogen-bond acceptors (Lipinski definition) is 7. The van der Waals surface area contributed by atoms with Crippen LogP contribution in [-0.2, 0) is 12.8 Å². The molecule has 0 aliphatic carbocycles. The Kier molecular flexibility index (Phi) is 9.08. The molecular weight excluding hydrogens is 388 g/mol. The molecule has 0 amide bonds. The van der Waals surface area contributed by atoms with E-state index in [1.165, 1.54) is 0 Å². The highest BCUT2D eigenvalue weighted by Gasteiger charge is 2.23. The Hall–Kier alpha value is -2.64. The maximum Gasteiger partial charge on any atom is 0.203 e. The first-order chi connectivity index (χ1) is 14.5. The summed E-state index contributed by atoms with van der Waals surface area (Å²) in [6.07, 6.45) is 1.14. The van der Waals surface area contributed by atoms with E-state index in [9.17, 15) is 10.2 Å². The van der Waals surface area contributed by atoms with Gasteiger partial charge in [0.1, 0.15) is 0 Å². The van der Waals surface area contributed by atoms with Crippen molar-refractivity contribution in [3.8, 4) is 28.7 Å². The van der Waals surface area contributed by atoms with Gasteiger partial charge < -0.3 is 33.9 Å². The molecule has 2 rings (SSSR count). The molecule has 7 nitrogen and oxygen atoms in total. The van der Waals surface area contributed by atoms with Crippen LogP contribution in [0.5, 0.6) is 28.7 Å². The maximum atomic E-state index is 10.1. The van der Waals surface area contributed by atoms with E-state index in [-0.39, 0.29) is 25.0 Å². The van der Waals surface area contributed by atoms with E-state index in [1.54, 1.807) is 35.5 Å². The topological polar surface area (TPSA) is 86.6 Å². The molecule has 2 aromatic carbocycles. The third-order valence-corrected chi connectivity index (χ3v) is 5.30. The van der Waals surface area contributed by atoms with Gasteiger partial charge in [-0.05, 0) is 60.1 Å². The fourth-order valence-corrected chi connectivity index (χ4v) is 3.63. The minimum atomic E-state index is -0.161. The van der Waals surface area contributed by atoms with Crippen molar-refractivity contribution < 1.29 is 33.9 Å². The first-order valence-electron chi connectivity index (χ1n) is 9.76. The van der Waals surface area contributed by atoms with Gasteiger partial charge in [0.15, 0.2) is 23.0 Å². The quantitative estimate of drug-likeness (QED) is 0.546. The highest BCUT2D eigenvalue weighted by atomic mass is 16.5. The van der Waals surface area contributed by atoms with Gasteiger partial charge in [-0.1, -0.05) is 6.07 Å². The normalized spacial score (nSPS) is 12.8. The van der Waals surface area contributed by atoms with Crippen molar-refractivity contribution in [2.45, 2.75) is 12.8 Å². The van der Waals surface area contributed by atoms with Crippen molar-refractivity contribution >= 4 is 0 Å². The average molecular weight is 421 g/mol. The standard InChI is InChI=1S/C23H32O7/c1-26-19-7-6-15(10-20(19)27-2)8-17(13-24)18(14-25)9-16-11-21(28-3)23(30-5)22(12-16)29-4/h6-7,10-12,17-18,24-25H,8-9,13-14H2,1-5H3. The number of ether oxygens (including phenoxy) is 5. The van der Waals surface area contributed by atoms with E-state index in [0.717, 1.165) is 11.1 Å². The maximum absolute atomic E-state index is 10.1. The van der Waals surface area contributed by atoms with Gasteiger partial charge in [0, 0.05) is 13.2 Å². The molecule has 0 aliphatic rings. The van der Waals surface area contributed by atoms with Gasteiger partial charge in [-0.2, -0.15) is 0 Å². The summed E-state index contributed by atoms with van der Waals surface area (Å²) < 4.78 is 26.9. The minimum absolute atomic E-state index is 0.0516. The minimum Gasteiger partial charge on any atom is -0.493 e. The molecule has 0 saturated heterocycles. The molecule has 0 spiro atoms. The SMILES string of the molecule is COc1ccc(CC(CO)C(CO)Cc2cc(OC)c(OC)c(OC)c2)cc1OC. The molecule has 7 heteroatoms. The second-order valence-electron chi connectivity index (χ2n) is 7.02. The number of methoxy groups -OCH3 is 5. The molecular formula is C23H32O7. The molecule has 2 atom stereocenters. The Morgan fingerprint density at radius 1 is 0.600 bits per heavy atom. The predicted molar refractivity (Wildman–Crippen MR) is 114 cm³/mol. The van der Waals surface area contributed by atoms with Crippen LogP contribution in [0.15, 0.2) is 30.3 Å². The fourth-order valence-electron chi connectivity index (χ4n) is 3.63. The van der Waals surface area contributed by atoms with Crippen molar-refractivity contribution in [1.29, 1.82) is 0 Å². The lowest BCUT2D eigenvalue weighted by Crippen LogP contribution is -2.26. The van der Waals surface area contributed by atoms with Crippen molar-refractivity contribution in [3.05, 3.63) is 41.5 Å². The molecule has 30 heavy (non-hydrogen) atoms. The second-order valence-corrected chi connectivity index (χ2v) is 7.02. The van der Waals surface area contributed by atoms with Gasteiger partial charge in [-0.25, -0.2) is 0 Å². The fraction of sp³-hybridized carbons (Fsp3) is 0.478. The molecule has 2 N–H and O–H groups in total. The summed E-state index contributed by atoms with van der Waals surface area (Å²) in [4.78, 5) is 0. The van der Waals surface area contributed by atoms with Crippen LogP contribution in [0, 0.1) is 11.8 Å². The Morgan fingerprint density at radius 3 is 1.50 bits per heavy atom. The van der Waals surface area contributed by atoms with Crippen LogP contribution < -0.4 is 23.7 Å². The summed E-state index contributed by atoms with van der Waals surface area (Å²) in [7, 11) is 7.87. The van der Waals surface area contributed by atoms with Crippen LogP contribution in [0.4, 0.5) is 0 Å². The molecule has 2 aromatic rings. The molecule has 2 unspecified atom stereocenters. The Labute approximate surface area is 178 Å². The van der Waals surface area contributed by atoms with Crippen LogP contribution >= 0.6 is 0 Å². The predicted octanol–water partition coefficient (Wildman–Crippen LogP) is 2.73. The summed E-state index contributed by atoms with van der Waals surface area (Å²) in [6.45, 7) is -0.112. The molecule has 0 radical (unpaired) electrons. The lowest BCUT2D eigenvalue weighted by atomic mass is 9.83. The van der Waals surface area contributed by atoms with Gasteiger partial charge in [0.25, 0.3) is 0 Å².